The van der Waals surface area contributed by atoms with Crippen molar-refractivity contribution in [2.24, 2.45) is 0 Å². The molecule has 0 N–H and O–H groups in total. The predicted molar refractivity (Wildman–Crippen MR) is 73.9 cm³/mol. The van der Waals surface area contributed by atoms with E-state index in [9.17, 15) is 4.79 Å². The number of carbonyl (C=O) groups excluding carboxylic acids is 1. The first-order valence-electron chi connectivity index (χ1n) is 5.86. The van der Waals surface area contributed by atoms with Crippen LogP contribution in [0.5, 0.6) is 0 Å². The van der Waals surface area contributed by atoms with Gasteiger partial charge in [0, 0.05) is 34.1 Å². The van der Waals surface area contributed by atoms with Crippen LogP contribution >= 0.6 is 0 Å². The molecule has 0 radical (unpaired) electrons. The van der Waals surface area contributed by atoms with E-state index >= 15 is 0 Å². The molecule has 0 unspecified atom stereocenters. The molecule has 0 heterocycles. The molecule has 0 aliphatic carbocycles. The average molecular weight is 346 g/mol. The Morgan fingerprint density at radius 2 is 1.20 bits per heavy atom. The van der Waals surface area contributed by atoms with Gasteiger partial charge in [-0.05, 0) is 0 Å². The van der Waals surface area contributed by atoms with E-state index in [0.29, 0.717) is 0 Å². The standard InChI is InChI=1S/C12H9O.C5H5.2Fe/c13-12(11-8-4-5-9-11)10-6-2-1-3-7-10;1-2-4-5-3-1;;/h1-9H;1-5H;;/q-1;-5;;. The Kier molecular flexibility index (Phi) is 9.71. The monoisotopic (exact) mass is 346 g/mol. The Labute approximate surface area is 140 Å². The molecule has 0 aromatic heterocycles. The summed E-state index contributed by atoms with van der Waals surface area (Å²) in [7, 11) is 0. The van der Waals surface area contributed by atoms with Gasteiger partial charge < -0.3 is 35.1 Å². The topological polar surface area (TPSA) is 17.1 Å². The van der Waals surface area contributed by atoms with Gasteiger partial charge in [0.2, 0.25) is 0 Å². The molecule has 0 fully saturated rings. The molecule has 0 bridgehead atoms. The Hall–Kier alpha value is -1.37. The minimum atomic E-state index is 0. The molecular weight excluding hydrogens is 332 g/mol. The van der Waals surface area contributed by atoms with Crippen molar-refractivity contribution >= 4 is 5.78 Å². The van der Waals surface area contributed by atoms with Crippen LogP contribution in [-0.2, 0) is 34.1 Å². The number of hydrogen-bond acceptors (Lipinski definition) is 1. The first-order valence-corrected chi connectivity index (χ1v) is 5.86. The maximum atomic E-state index is 11.7. The second-order valence-electron chi connectivity index (χ2n) is 3.83. The number of benzene rings is 1. The van der Waals surface area contributed by atoms with Gasteiger partial charge in [-0.2, -0.15) is 12.1 Å². The van der Waals surface area contributed by atoms with Gasteiger partial charge in [-0.25, -0.2) is 0 Å². The van der Waals surface area contributed by atoms with Crippen molar-refractivity contribution in [3.05, 3.63) is 96.1 Å². The fraction of sp³-hybridized carbons (Fsp3) is 0. The van der Waals surface area contributed by atoms with Crippen LogP contribution < -0.4 is 0 Å². The molecule has 20 heavy (non-hydrogen) atoms. The van der Waals surface area contributed by atoms with Crippen LogP contribution in [0.2, 0.25) is 0 Å². The van der Waals surface area contributed by atoms with Crippen molar-refractivity contribution in [3.63, 3.8) is 0 Å². The summed E-state index contributed by atoms with van der Waals surface area (Å²) in [5, 5.41) is 0. The Bertz CT molecular complexity index is 537. The summed E-state index contributed by atoms with van der Waals surface area (Å²) in [6.07, 6.45) is 0. The summed E-state index contributed by atoms with van der Waals surface area (Å²) in [6.45, 7) is 0. The van der Waals surface area contributed by atoms with Crippen LogP contribution in [0.25, 0.3) is 0 Å². The van der Waals surface area contributed by atoms with Crippen molar-refractivity contribution in [2.75, 3.05) is 0 Å². The van der Waals surface area contributed by atoms with Crippen molar-refractivity contribution in [3.8, 4) is 0 Å². The maximum Gasteiger partial charge on any atom is 0.112 e. The Morgan fingerprint density at radius 1 is 0.750 bits per heavy atom. The van der Waals surface area contributed by atoms with Crippen LogP contribution in [0.4, 0.5) is 0 Å². The SMILES string of the molecule is O=C(c1ccccc1)[c-]1cccc1.[Fe].[Fe].[cH-]1[cH-][cH-][cH-][cH-]1. The van der Waals surface area contributed by atoms with Crippen molar-refractivity contribution in [2.45, 2.75) is 0 Å². The van der Waals surface area contributed by atoms with Gasteiger partial charge in [0.05, 0.1) is 0 Å². The summed E-state index contributed by atoms with van der Waals surface area (Å²) in [6, 6.07) is 26.7. The predicted octanol–water partition coefficient (Wildman–Crippen LogP) is 4.04. The van der Waals surface area contributed by atoms with E-state index in [0.717, 1.165) is 11.1 Å². The zero-order chi connectivity index (χ0) is 12.6. The summed E-state index contributed by atoms with van der Waals surface area (Å²) in [4.78, 5) is 11.7. The summed E-state index contributed by atoms with van der Waals surface area (Å²) < 4.78 is 0. The largest absolute Gasteiger partial charge is 0.748 e. The molecule has 0 saturated heterocycles. The molecule has 0 atom stereocenters. The zero-order valence-electron chi connectivity index (χ0n) is 10.7. The van der Waals surface area contributed by atoms with E-state index in [2.05, 4.69) is 0 Å². The Balaban J connectivity index is 0.000000443. The van der Waals surface area contributed by atoms with Crippen LogP contribution in [0.1, 0.15) is 15.9 Å². The molecule has 3 heteroatoms. The van der Waals surface area contributed by atoms with Gasteiger partial charge >= 0.3 is 0 Å². The van der Waals surface area contributed by atoms with E-state index in [1.165, 1.54) is 0 Å². The van der Waals surface area contributed by atoms with Gasteiger partial charge in [0.25, 0.3) is 0 Å². The number of carbonyl (C=O) groups is 1. The molecule has 0 aliphatic rings. The van der Waals surface area contributed by atoms with Gasteiger partial charge in [-0.15, -0.1) is 12.1 Å². The van der Waals surface area contributed by atoms with Gasteiger partial charge in [0.15, 0.2) is 0 Å². The van der Waals surface area contributed by atoms with E-state index in [1.807, 2.05) is 84.9 Å². The van der Waals surface area contributed by atoms with Gasteiger partial charge in [-0.3, -0.25) is 0 Å². The van der Waals surface area contributed by atoms with Crippen molar-refractivity contribution < 1.29 is 38.9 Å². The van der Waals surface area contributed by atoms with Crippen LogP contribution in [0.3, 0.4) is 0 Å². The normalized spacial score (nSPS) is 8.40. The minimum absolute atomic E-state index is 0. The first-order chi connectivity index (χ1) is 8.88. The number of rotatable bonds is 2. The maximum absolute atomic E-state index is 11.7. The molecule has 3 aromatic rings. The Morgan fingerprint density at radius 3 is 1.65 bits per heavy atom. The van der Waals surface area contributed by atoms with Crippen LogP contribution in [-0.4, -0.2) is 5.78 Å². The fourth-order valence-corrected chi connectivity index (χ4v) is 1.60. The molecule has 0 aliphatic heterocycles. The molecule has 3 aromatic carbocycles. The quantitative estimate of drug-likeness (QED) is 0.389. The summed E-state index contributed by atoms with van der Waals surface area (Å²) in [5.41, 5.74) is 1.50. The third kappa shape index (κ3) is 5.73. The molecule has 0 saturated carbocycles. The molecule has 1 nitrogen and oxygen atoms in total. The first kappa shape index (κ1) is 18.6. The van der Waals surface area contributed by atoms with Gasteiger partial charge in [-0.1, -0.05) is 41.5 Å². The van der Waals surface area contributed by atoms with Crippen molar-refractivity contribution in [1.82, 2.24) is 0 Å². The zero-order valence-corrected chi connectivity index (χ0v) is 12.9. The second-order valence-corrected chi connectivity index (χ2v) is 3.83. The van der Waals surface area contributed by atoms with E-state index in [4.69, 9.17) is 0 Å². The number of hydrogen-bond donors (Lipinski definition) is 0. The number of ketones is 1. The summed E-state index contributed by atoms with van der Waals surface area (Å²) >= 11 is 0. The molecule has 0 amide bonds. The molecule has 0 spiro atoms. The van der Waals surface area contributed by atoms with Gasteiger partial charge in [0.1, 0.15) is 5.78 Å². The molecular formula is C17H14Fe2O-6. The smallest absolute Gasteiger partial charge is 0.112 e. The van der Waals surface area contributed by atoms with Crippen molar-refractivity contribution in [1.29, 1.82) is 0 Å². The minimum Gasteiger partial charge on any atom is -0.748 e. The molecule has 110 valence electrons. The van der Waals surface area contributed by atoms with E-state index in [1.54, 1.807) is 0 Å². The fourth-order valence-electron chi connectivity index (χ4n) is 1.60. The average Bonchev–Trinajstić information content (AvgIpc) is 3.14. The van der Waals surface area contributed by atoms with Crippen LogP contribution in [0, 0.1) is 0 Å². The van der Waals surface area contributed by atoms with E-state index in [-0.39, 0.29) is 39.9 Å². The summed E-state index contributed by atoms with van der Waals surface area (Å²) in [5.74, 6) is 0.0885. The third-order valence-electron chi connectivity index (χ3n) is 2.52. The van der Waals surface area contributed by atoms with E-state index < -0.39 is 0 Å². The molecule has 3 rings (SSSR count). The second kappa shape index (κ2) is 10.4. The third-order valence-corrected chi connectivity index (χ3v) is 2.52. The van der Waals surface area contributed by atoms with Crippen LogP contribution in [0.15, 0.2) is 84.9 Å².